The monoisotopic (exact) mass is 389 g/mol. The number of hydrogen-bond acceptors (Lipinski definition) is 6. The van der Waals surface area contributed by atoms with Crippen molar-refractivity contribution in [1.82, 2.24) is 20.2 Å². The molecule has 2 N–H and O–H groups in total. The zero-order chi connectivity index (χ0) is 19.2. The van der Waals surface area contributed by atoms with Gasteiger partial charge in [-0.25, -0.2) is 9.97 Å². The number of benzene rings is 1. The average molecular weight is 390 g/mol. The minimum Gasteiger partial charge on any atom is -0.379 e. The predicted octanol–water partition coefficient (Wildman–Crippen LogP) is 2.55. The molecular weight excluding hydrogens is 366 g/mol. The zero-order valence-corrected chi connectivity index (χ0v) is 16.3. The first-order valence-electron chi connectivity index (χ1n) is 8.97. The molecule has 0 bridgehead atoms. The van der Waals surface area contributed by atoms with Gasteiger partial charge in [0.05, 0.1) is 36.3 Å². The van der Waals surface area contributed by atoms with E-state index in [1.165, 1.54) is 12.4 Å². The van der Waals surface area contributed by atoms with Crippen LogP contribution in [0, 0.1) is 13.8 Å². The Bertz CT molecular complexity index is 768. The summed E-state index contributed by atoms with van der Waals surface area (Å²) in [6.07, 6.45) is 3.00. The molecule has 8 heteroatoms. The number of rotatable bonds is 6. The highest BCUT2D eigenvalue weighted by molar-refractivity contribution is 6.33. The van der Waals surface area contributed by atoms with E-state index in [0.717, 1.165) is 49.7 Å². The molecule has 1 aliphatic rings. The van der Waals surface area contributed by atoms with Gasteiger partial charge in [0, 0.05) is 26.2 Å². The van der Waals surface area contributed by atoms with Gasteiger partial charge in [-0.2, -0.15) is 0 Å². The lowest BCUT2D eigenvalue weighted by Crippen LogP contribution is -2.41. The van der Waals surface area contributed by atoms with Crippen LogP contribution in [0.1, 0.15) is 21.6 Å². The molecule has 0 spiro atoms. The number of amides is 1. The number of carbonyl (C=O) groups is 1. The number of halogens is 1. The topological polar surface area (TPSA) is 79.4 Å². The second-order valence-corrected chi connectivity index (χ2v) is 6.97. The van der Waals surface area contributed by atoms with Crippen molar-refractivity contribution < 1.29 is 9.53 Å². The SMILES string of the molecule is Cc1cc(C)c(Nc2cnc(C(=O)NCCN3CCOCC3)cn2)c(Cl)c1. The molecular formula is C19H24ClN5O2. The lowest BCUT2D eigenvalue weighted by Gasteiger charge is -2.26. The van der Waals surface area contributed by atoms with Crippen molar-refractivity contribution in [3.8, 4) is 0 Å². The molecule has 1 fully saturated rings. The summed E-state index contributed by atoms with van der Waals surface area (Å²) >= 11 is 6.30. The van der Waals surface area contributed by atoms with Gasteiger partial charge in [0.2, 0.25) is 0 Å². The van der Waals surface area contributed by atoms with Gasteiger partial charge in [-0.1, -0.05) is 17.7 Å². The molecule has 0 aliphatic carbocycles. The van der Waals surface area contributed by atoms with E-state index in [2.05, 4.69) is 25.5 Å². The third-order valence-electron chi connectivity index (χ3n) is 4.39. The van der Waals surface area contributed by atoms with Gasteiger partial charge in [0.25, 0.3) is 5.91 Å². The predicted molar refractivity (Wildman–Crippen MR) is 106 cm³/mol. The van der Waals surface area contributed by atoms with Gasteiger partial charge >= 0.3 is 0 Å². The Kier molecular flexibility index (Phi) is 6.60. The first-order chi connectivity index (χ1) is 13.0. The standard InChI is InChI=1S/C19H24ClN5O2/c1-13-9-14(2)18(15(20)10-13)24-17-12-22-16(11-23-17)19(26)21-3-4-25-5-7-27-8-6-25/h9-12H,3-8H2,1-2H3,(H,21,26)(H,23,24). The largest absolute Gasteiger partial charge is 0.379 e. The number of ether oxygens (including phenoxy) is 1. The van der Waals surface area contributed by atoms with Gasteiger partial charge < -0.3 is 15.4 Å². The first kappa shape index (κ1) is 19.5. The van der Waals surface area contributed by atoms with Crippen molar-refractivity contribution in [3.05, 3.63) is 46.4 Å². The van der Waals surface area contributed by atoms with Crippen LogP contribution in [0.3, 0.4) is 0 Å². The number of hydrogen-bond donors (Lipinski definition) is 2. The maximum atomic E-state index is 12.2. The Morgan fingerprint density at radius 1 is 1.22 bits per heavy atom. The highest BCUT2D eigenvalue weighted by atomic mass is 35.5. The summed E-state index contributed by atoms with van der Waals surface area (Å²) < 4.78 is 5.31. The van der Waals surface area contributed by atoms with Crippen LogP contribution < -0.4 is 10.6 Å². The molecule has 0 unspecified atom stereocenters. The summed E-state index contributed by atoms with van der Waals surface area (Å²) in [7, 11) is 0. The lowest BCUT2D eigenvalue weighted by molar-refractivity contribution is 0.0383. The third-order valence-corrected chi connectivity index (χ3v) is 4.68. The van der Waals surface area contributed by atoms with Gasteiger partial charge in [-0.3, -0.25) is 9.69 Å². The summed E-state index contributed by atoms with van der Waals surface area (Å²) in [5, 5.41) is 6.66. The fraction of sp³-hybridized carbons (Fsp3) is 0.421. The molecule has 7 nitrogen and oxygen atoms in total. The van der Waals surface area contributed by atoms with Crippen molar-refractivity contribution >= 4 is 29.0 Å². The van der Waals surface area contributed by atoms with Crippen LogP contribution >= 0.6 is 11.6 Å². The van der Waals surface area contributed by atoms with E-state index in [1.54, 1.807) is 0 Å². The molecule has 2 aromatic rings. The van der Waals surface area contributed by atoms with E-state index in [9.17, 15) is 4.79 Å². The van der Waals surface area contributed by atoms with Crippen LogP contribution in [-0.4, -0.2) is 60.2 Å². The van der Waals surface area contributed by atoms with E-state index in [0.29, 0.717) is 17.4 Å². The molecule has 27 heavy (non-hydrogen) atoms. The van der Waals surface area contributed by atoms with Crippen molar-refractivity contribution in [3.63, 3.8) is 0 Å². The zero-order valence-electron chi connectivity index (χ0n) is 15.6. The average Bonchev–Trinajstić information content (AvgIpc) is 2.66. The van der Waals surface area contributed by atoms with E-state index >= 15 is 0 Å². The summed E-state index contributed by atoms with van der Waals surface area (Å²) in [5.74, 6) is 0.306. The van der Waals surface area contributed by atoms with Crippen molar-refractivity contribution in [1.29, 1.82) is 0 Å². The number of aryl methyl sites for hydroxylation is 2. The molecule has 2 heterocycles. The molecule has 144 valence electrons. The maximum Gasteiger partial charge on any atom is 0.271 e. The van der Waals surface area contributed by atoms with Gasteiger partial charge in [0.1, 0.15) is 11.5 Å². The smallest absolute Gasteiger partial charge is 0.271 e. The highest BCUT2D eigenvalue weighted by Crippen LogP contribution is 2.29. The normalized spacial score (nSPS) is 14.8. The van der Waals surface area contributed by atoms with Crippen molar-refractivity contribution in [2.45, 2.75) is 13.8 Å². The Balaban J connectivity index is 1.54. The molecule has 0 atom stereocenters. The summed E-state index contributed by atoms with van der Waals surface area (Å²) in [4.78, 5) is 22.9. The number of carbonyl (C=O) groups excluding carboxylic acids is 1. The van der Waals surface area contributed by atoms with Crippen molar-refractivity contribution in [2.75, 3.05) is 44.7 Å². The number of nitrogens with one attached hydrogen (secondary N) is 2. The van der Waals surface area contributed by atoms with Crippen LogP contribution in [-0.2, 0) is 4.74 Å². The summed E-state index contributed by atoms with van der Waals surface area (Å²) in [6.45, 7) is 8.64. The number of aromatic nitrogens is 2. The molecule has 1 aromatic carbocycles. The Morgan fingerprint density at radius 2 is 2.00 bits per heavy atom. The number of anilines is 2. The minimum absolute atomic E-state index is 0.230. The molecule has 1 saturated heterocycles. The van der Waals surface area contributed by atoms with E-state index in [-0.39, 0.29) is 11.6 Å². The van der Waals surface area contributed by atoms with Crippen LogP contribution in [0.4, 0.5) is 11.5 Å². The molecule has 0 radical (unpaired) electrons. The fourth-order valence-electron chi connectivity index (χ4n) is 2.95. The maximum absolute atomic E-state index is 12.2. The third kappa shape index (κ3) is 5.38. The highest BCUT2D eigenvalue weighted by Gasteiger charge is 2.12. The number of nitrogens with zero attached hydrogens (tertiary/aromatic N) is 3. The summed E-state index contributed by atoms with van der Waals surface area (Å²) in [6, 6.07) is 3.93. The second kappa shape index (κ2) is 9.12. The Morgan fingerprint density at radius 3 is 2.67 bits per heavy atom. The second-order valence-electron chi connectivity index (χ2n) is 6.56. The Labute approximate surface area is 164 Å². The summed E-state index contributed by atoms with van der Waals surface area (Å²) in [5.41, 5.74) is 3.19. The lowest BCUT2D eigenvalue weighted by atomic mass is 10.1. The van der Waals surface area contributed by atoms with E-state index < -0.39 is 0 Å². The quantitative estimate of drug-likeness (QED) is 0.790. The Hall–Kier alpha value is -2.22. The van der Waals surface area contributed by atoms with Gasteiger partial charge in [-0.15, -0.1) is 0 Å². The number of morpholine rings is 1. The molecule has 3 rings (SSSR count). The molecule has 0 saturated carbocycles. The van der Waals surface area contributed by atoms with Crippen LogP contribution in [0.25, 0.3) is 0 Å². The molecule has 1 amide bonds. The first-order valence-corrected chi connectivity index (χ1v) is 9.35. The van der Waals surface area contributed by atoms with Crippen LogP contribution in [0.5, 0.6) is 0 Å². The van der Waals surface area contributed by atoms with Gasteiger partial charge in [0.15, 0.2) is 0 Å². The minimum atomic E-state index is -0.230. The van der Waals surface area contributed by atoms with Gasteiger partial charge in [-0.05, 0) is 31.0 Å². The molecule has 1 aliphatic heterocycles. The van der Waals surface area contributed by atoms with E-state index in [1.807, 2.05) is 26.0 Å². The van der Waals surface area contributed by atoms with Crippen LogP contribution in [0.15, 0.2) is 24.5 Å². The molecule has 1 aromatic heterocycles. The van der Waals surface area contributed by atoms with E-state index in [4.69, 9.17) is 16.3 Å². The van der Waals surface area contributed by atoms with Crippen LogP contribution in [0.2, 0.25) is 5.02 Å². The van der Waals surface area contributed by atoms with Crippen molar-refractivity contribution in [2.24, 2.45) is 0 Å². The fourth-order valence-corrected chi connectivity index (χ4v) is 3.32.